The maximum atomic E-state index is 14.0. The number of fused-ring (bicyclic) bond motifs is 1. The number of anilines is 1. The van der Waals surface area contributed by atoms with E-state index in [4.69, 9.17) is 9.15 Å². The Kier molecular flexibility index (Phi) is 8.64. The maximum absolute atomic E-state index is 14.0. The predicted molar refractivity (Wildman–Crippen MR) is 142 cm³/mol. The van der Waals surface area contributed by atoms with Crippen molar-refractivity contribution in [2.75, 3.05) is 38.1 Å². The third-order valence-corrected chi connectivity index (χ3v) is 7.73. The first-order valence-electron chi connectivity index (χ1n) is 13.6. The van der Waals surface area contributed by atoms with Gasteiger partial charge < -0.3 is 19.4 Å². The fourth-order valence-corrected chi connectivity index (χ4v) is 5.46. The van der Waals surface area contributed by atoms with Gasteiger partial charge in [0.15, 0.2) is 11.6 Å². The van der Waals surface area contributed by atoms with Crippen LogP contribution in [0.3, 0.4) is 0 Å². The minimum absolute atomic E-state index is 0.0749. The van der Waals surface area contributed by atoms with Gasteiger partial charge in [-0.2, -0.15) is 13.2 Å². The van der Waals surface area contributed by atoms with Gasteiger partial charge in [0.05, 0.1) is 23.0 Å². The van der Waals surface area contributed by atoms with Crippen molar-refractivity contribution in [3.05, 3.63) is 69.5 Å². The van der Waals surface area contributed by atoms with E-state index in [9.17, 15) is 36.9 Å². The van der Waals surface area contributed by atoms with Crippen LogP contribution in [-0.2, 0) is 22.3 Å². The van der Waals surface area contributed by atoms with E-state index in [0.29, 0.717) is 64.2 Å². The first kappa shape index (κ1) is 29.7. The van der Waals surface area contributed by atoms with Gasteiger partial charge in [-0.15, -0.1) is 0 Å². The predicted octanol–water partition coefficient (Wildman–Crippen LogP) is 5.72. The molecule has 1 amide bonds. The van der Waals surface area contributed by atoms with E-state index >= 15 is 0 Å². The van der Waals surface area contributed by atoms with Gasteiger partial charge in [0.25, 0.3) is 5.69 Å². The lowest BCUT2D eigenvalue weighted by molar-refractivity contribution is -0.388. The van der Waals surface area contributed by atoms with Crippen molar-refractivity contribution in [2.45, 2.75) is 50.6 Å². The van der Waals surface area contributed by atoms with Crippen molar-refractivity contribution in [1.82, 2.24) is 9.80 Å². The molecule has 3 aromatic rings. The summed E-state index contributed by atoms with van der Waals surface area (Å²) in [6.07, 6.45) is -2.57. The Morgan fingerprint density at radius 2 is 1.76 bits per heavy atom. The smallest absolute Gasteiger partial charge is 0.423 e. The van der Waals surface area contributed by atoms with Crippen LogP contribution in [0.4, 0.5) is 33.3 Å². The second kappa shape index (κ2) is 12.2. The lowest BCUT2D eigenvalue weighted by Crippen LogP contribution is -2.49. The number of ether oxygens (including phenoxy) is 1. The van der Waals surface area contributed by atoms with E-state index in [1.165, 1.54) is 18.2 Å². The van der Waals surface area contributed by atoms with Crippen LogP contribution in [0, 0.1) is 21.7 Å². The zero-order valence-corrected chi connectivity index (χ0v) is 22.5. The van der Waals surface area contributed by atoms with Crippen LogP contribution in [0.5, 0.6) is 0 Å². The second-order valence-corrected chi connectivity index (χ2v) is 10.6. The van der Waals surface area contributed by atoms with Gasteiger partial charge >= 0.3 is 6.18 Å². The average molecular weight is 597 g/mol. The molecule has 5 rings (SSSR count). The van der Waals surface area contributed by atoms with Crippen LogP contribution in [0.2, 0.25) is 0 Å². The number of hydrogen-bond acceptors (Lipinski definition) is 7. The minimum atomic E-state index is -4.85. The van der Waals surface area contributed by atoms with Gasteiger partial charge in [-0.1, -0.05) is 0 Å². The molecule has 0 radical (unpaired) electrons. The van der Waals surface area contributed by atoms with Crippen molar-refractivity contribution >= 4 is 28.3 Å². The number of nitro groups is 1. The normalized spacial score (nSPS) is 20.2. The molecule has 0 unspecified atom stereocenters. The SMILES string of the molecule is O=C(CO[C@H]1CC[C@H](Nc2ccc([N+](=O)[O-])c(C(F)(F)F)c2)CC1)N1CCN(Cc2cc3c(F)c(F)ccc3o2)CC1. The van der Waals surface area contributed by atoms with Crippen LogP contribution in [0.25, 0.3) is 11.0 Å². The fraction of sp³-hybridized carbons (Fsp3) is 0.464. The number of alkyl halides is 3. The summed E-state index contributed by atoms with van der Waals surface area (Å²) in [6, 6.07) is 6.67. The molecule has 42 heavy (non-hydrogen) atoms. The van der Waals surface area contributed by atoms with Gasteiger partial charge in [-0.05, 0) is 56.0 Å². The van der Waals surface area contributed by atoms with E-state index < -0.39 is 34.0 Å². The standard InChI is InChI=1S/C28H29F5N4O5/c29-23-6-8-25-21(27(23)30)14-20(42-25)15-35-9-11-36(12-10-35)26(38)16-41-19-4-1-17(2-5-19)34-18-3-7-24(37(39)40)22(13-18)28(31,32)33/h3,6-8,13-14,17,19,34H,1-2,4-5,9-12,15-16H2/t17-,19-. The summed E-state index contributed by atoms with van der Waals surface area (Å²) in [7, 11) is 0. The molecular formula is C28H29F5N4O5. The number of carbonyl (C=O) groups is 1. The fourth-order valence-electron chi connectivity index (χ4n) is 5.46. The Labute approximate surface area is 237 Å². The van der Waals surface area contributed by atoms with Crippen LogP contribution in [0.1, 0.15) is 37.0 Å². The molecule has 1 aliphatic carbocycles. The van der Waals surface area contributed by atoms with Crippen LogP contribution < -0.4 is 5.32 Å². The van der Waals surface area contributed by atoms with Gasteiger partial charge in [-0.25, -0.2) is 8.78 Å². The van der Waals surface area contributed by atoms with Gasteiger partial charge in [0.2, 0.25) is 5.91 Å². The van der Waals surface area contributed by atoms with Crippen LogP contribution >= 0.6 is 0 Å². The Balaban J connectivity index is 1.03. The van der Waals surface area contributed by atoms with Gasteiger partial charge in [-0.3, -0.25) is 19.8 Å². The van der Waals surface area contributed by atoms with E-state index in [1.54, 1.807) is 4.90 Å². The Morgan fingerprint density at radius 3 is 2.43 bits per heavy atom. The third-order valence-electron chi connectivity index (χ3n) is 7.73. The number of rotatable bonds is 8. The summed E-state index contributed by atoms with van der Waals surface area (Å²) in [6.45, 7) is 2.45. The van der Waals surface area contributed by atoms with Crippen LogP contribution in [-0.4, -0.2) is 65.6 Å². The number of nitro benzene ring substituents is 1. The average Bonchev–Trinajstić information content (AvgIpc) is 3.37. The summed E-state index contributed by atoms with van der Waals surface area (Å²) >= 11 is 0. The van der Waals surface area contributed by atoms with E-state index in [2.05, 4.69) is 10.2 Å². The highest BCUT2D eigenvalue weighted by Gasteiger charge is 2.38. The number of nitrogens with zero attached hydrogens (tertiary/aromatic N) is 3. The largest absolute Gasteiger partial charge is 0.460 e. The molecule has 0 atom stereocenters. The molecule has 0 bridgehead atoms. The van der Waals surface area contributed by atoms with Crippen molar-refractivity contribution in [1.29, 1.82) is 0 Å². The molecule has 1 N–H and O–H groups in total. The molecule has 1 aromatic heterocycles. The summed E-state index contributed by atoms with van der Waals surface area (Å²) in [5, 5.41) is 14.1. The zero-order chi connectivity index (χ0) is 30.0. The lowest BCUT2D eigenvalue weighted by Gasteiger charge is -2.35. The molecule has 9 nitrogen and oxygen atoms in total. The lowest BCUT2D eigenvalue weighted by atomic mass is 9.92. The molecule has 1 saturated heterocycles. The number of hydrogen-bond donors (Lipinski definition) is 1. The molecule has 2 fully saturated rings. The highest BCUT2D eigenvalue weighted by Crippen LogP contribution is 2.38. The third kappa shape index (κ3) is 6.81. The number of furan rings is 1. The van der Waals surface area contributed by atoms with Crippen molar-refractivity contribution in [3.8, 4) is 0 Å². The quantitative estimate of drug-likeness (QED) is 0.202. The number of piperazine rings is 1. The molecule has 226 valence electrons. The highest BCUT2D eigenvalue weighted by molar-refractivity contribution is 5.79. The van der Waals surface area contributed by atoms with Gasteiger partial charge in [0, 0.05) is 44.0 Å². The second-order valence-electron chi connectivity index (χ2n) is 10.6. The highest BCUT2D eigenvalue weighted by atomic mass is 19.4. The van der Waals surface area contributed by atoms with Crippen molar-refractivity contribution < 1.29 is 40.8 Å². The minimum Gasteiger partial charge on any atom is -0.460 e. The molecule has 1 saturated carbocycles. The van der Waals surface area contributed by atoms with Crippen molar-refractivity contribution in [3.63, 3.8) is 0 Å². The molecule has 2 aliphatic rings. The number of nitrogens with one attached hydrogen (secondary N) is 1. The number of carbonyl (C=O) groups excluding carboxylic acids is 1. The van der Waals surface area contributed by atoms with Gasteiger partial charge in [0.1, 0.15) is 23.5 Å². The summed E-state index contributed by atoms with van der Waals surface area (Å²) < 4.78 is 78.7. The maximum Gasteiger partial charge on any atom is 0.423 e. The monoisotopic (exact) mass is 596 g/mol. The first-order chi connectivity index (χ1) is 20.0. The Bertz CT molecular complexity index is 1450. The molecule has 14 heteroatoms. The Hall–Kier alpha value is -3.78. The van der Waals surface area contributed by atoms with Crippen LogP contribution in [0.15, 0.2) is 40.8 Å². The van der Waals surface area contributed by atoms with E-state index in [0.717, 1.165) is 18.2 Å². The van der Waals surface area contributed by atoms with E-state index in [-0.39, 0.29) is 41.3 Å². The summed E-state index contributed by atoms with van der Waals surface area (Å²) in [4.78, 5) is 26.4. The molecule has 1 aliphatic heterocycles. The molecule has 2 heterocycles. The topological polar surface area (TPSA) is 101 Å². The number of amides is 1. The number of benzene rings is 2. The molecular weight excluding hydrogens is 567 g/mol. The number of halogens is 5. The Morgan fingerprint density at radius 1 is 1.05 bits per heavy atom. The van der Waals surface area contributed by atoms with Crippen molar-refractivity contribution in [2.24, 2.45) is 0 Å². The first-order valence-corrected chi connectivity index (χ1v) is 13.6. The zero-order valence-electron chi connectivity index (χ0n) is 22.5. The summed E-state index contributed by atoms with van der Waals surface area (Å²) in [5.41, 5.74) is -1.85. The molecule has 0 spiro atoms. The molecule has 2 aromatic carbocycles. The van der Waals surface area contributed by atoms with E-state index in [1.807, 2.05) is 0 Å². The summed E-state index contributed by atoms with van der Waals surface area (Å²) in [5.74, 6) is -1.50.